The zero-order valence-electron chi connectivity index (χ0n) is 14.3. The zero-order chi connectivity index (χ0) is 18.4. The Morgan fingerprint density at radius 1 is 1.31 bits per heavy atom. The minimum absolute atomic E-state index is 0.0765. The van der Waals surface area contributed by atoms with E-state index in [4.69, 9.17) is 15.2 Å². The van der Waals surface area contributed by atoms with Crippen LogP contribution in [0, 0.1) is 11.3 Å². The number of benzene rings is 1. The maximum absolute atomic E-state index is 9.56. The molecule has 1 fully saturated rings. The van der Waals surface area contributed by atoms with Crippen LogP contribution in [0.25, 0.3) is 0 Å². The van der Waals surface area contributed by atoms with E-state index in [9.17, 15) is 5.26 Å². The van der Waals surface area contributed by atoms with Crippen LogP contribution in [0.2, 0.25) is 0 Å². The molecular weight excluding hydrogens is 334 g/mol. The number of nitrogens with zero attached hydrogens (tertiary/aromatic N) is 5. The van der Waals surface area contributed by atoms with Crippen molar-refractivity contribution >= 4 is 23.8 Å². The number of ether oxygens (including phenoxy) is 2. The second kappa shape index (κ2) is 8.13. The van der Waals surface area contributed by atoms with Crippen molar-refractivity contribution in [2.45, 2.75) is 0 Å². The first-order valence-corrected chi connectivity index (χ1v) is 8.04. The number of anilines is 3. The second-order valence-corrected chi connectivity index (χ2v) is 5.48. The van der Waals surface area contributed by atoms with Gasteiger partial charge in [0, 0.05) is 13.1 Å². The van der Waals surface area contributed by atoms with Crippen LogP contribution < -0.4 is 20.8 Å². The average molecular weight is 353 g/mol. The van der Waals surface area contributed by atoms with Gasteiger partial charge >= 0.3 is 0 Å². The number of hydrogen-bond donors (Lipinski definition) is 2. The summed E-state index contributed by atoms with van der Waals surface area (Å²) in [5, 5.41) is 13.7. The Morgan fingerprint density at radius 3 is 2.69 bits per heavy atom. The topological polar surface area (TPSA) is 122 Å². The highest BCUT2D eigenvalue weighted by atomic mass is 16.5. The van der Waals surface area contributed by atoms with Crippen molar-refractivity contribution < 1.29 is 9.47 Å². The molecule has 0 amide bonds. The molecule has 0 radical (unpaired) electrons. The molecule has 134 valence electrons. The standard InChI is InChI=1S/C17H19N7O2/c1-25-13-4-2-12(3-5-13)11-20-23-15-14(10-18)16(22-17(19)21-15)24-6-8-26-9-7-24/h2-5,11H,6-9H2,1H3,(H3,19,21,22,23)/b20-11+. The van der Waals surface area contributed by atoms with Crippen molar-refractivity contribution in [1.29, 1.82) is 5.26 Å². The van der Waals surface area contributed by atoms with E-state index in [1.54, 1.807) is 13.3 Å². The van der Waals surface area contributed by atoms with E-state index < -0.39 is 0 Å². The molecule has 0 saturated carbocycles. The minimum atomic E-state index is 0.0765. The van der Waals surface area contributed by atoms with Gasteiger partial charge in [-0.2, -0.15) is 20.3 Å². The quantitative estimate of drug-likeness (QED) is 0.608. The van der Waals surface area contributed by atoms with Crippen LogP contribution in [0.1, 0.15) is 11.1 Å². The maximum Gasteiger partial charge on any atom is 0.224 e. The highest BCUT2D eigenvalue weighted by Crippen LogP contribution is 2.25. The summed E-state index contributed by atoms with van der Waals surface area (Å²) in [5.41, 5.74) is 9.76. The first-order chi connectivity index (χ1) is 12.7. The fraction of sp³-hybridized carbons (Fsp3) is 0.294. The lowest BCUT2D eigenvalue weighted by Gasteiger charge is -2.28. The Balaban J connectivity index is 1.81. The lowest BCUT2D eigenvalue weighted by atomic mass is 10.2. The SMILES string of the molecule is COc1ccc(/C=N/Nc2nc(N)nc(N3CCOCC3)c2C#N)cc1. The molecule has 0 bridgehead atoms. The summed E-state index contributed by atoms with van der Waals surface area (Å²) in [7, 11) is 1.61. The van der Waals surface area contributed by atoms with E-state index in [0.29, 0.717) is 37.7 Å². The van der Waals surface area contributed by atoms with E-state index >= 15 is 0 Å². The van der Waals surface area contributed by atoms with Gasteiger partial charge in [-0.3, -0.25) is 5.43 Å². The fourth-order valence-electron chi connectivity index (χ4n) is 2.51. The molecule has 0 atom stereocenters. The number of rotatable bonds is 5. The highest BCUT2D eigenvalue weighted by molar-refractivity contribution is 5.80. The number of hydrogen-bond acceptors (Lipinski definition) is 9. The molecule has 1 aromatic carbocycles. The number of methoxy groups -OCH3 is 1. The fourth-order valence-corrected chi connectivity index (χ4v) is 2.51. The van der Waals surface area contributed by atoms with Gasteiger partial charge in [0.05, 0.1) is 26.5 Å². The van der Waals surface area contributed by atoms with Crippen LogP contribution in [0.3, 0.4) is 0 Å². The molecule has 2 heterocycles. The summed E-state index contributed by atoms with van der Waals surface area (Å²) >= 11 is 0. The molecule has 0 unspecified atom stereocenters. The van der Waals surface area contributed by atoms with Gasteiger partial charge in [0.25, 0.3) is 0 Å². The summed E-state index contributed by atoms with van der Waals surface area (Å²) in [6, 6.07) is 9.53. The lowest BCUT2D eigenvalue weighted by Crippen LogP contribution is -2.37. The van der Waals surface area contributed by atoms with Gasteiger partial charge in [-0.15, -0.1) is 0 Å². The molecule has 1 aromatic heterocycles. The molecule has 0 aliphatic carbocycles. The molecule has 9 nitrogen and oxygen atoms in total. The van der Waals surface area contributed by atoms with E-state index in [-0.39, 0.29) is 11.8 Å². The van der Waals surface area contributed by atoms with Crippen LogP contribution in [0.5, 0.6) is 5.75 Å². The minimum Gasteiger partial charge on any atom is -0.497 e. The molecule has 3 N–H and O–H groups in total. The molecule has 3 rings (SSSR count). The Labute approximate surface area is 151 Å². The van der Waals surface area contributed by atoms with Crippen LogP contribution in [0.4, 0.5) is 17.6 Å². The monoisotopic (exact) mass is 353 g/mol. The predicted molar refractivity (Wildman–Crippen MR) is 98.4 cm³/mol. The van der Waals surface area contributed by atoms with Crippen LogP contribution in [-0.4, -0.2) is 49.6 Å². The van der Waals surface area contributed by atoms with Crippen LogP contribution in [0.15, 0.2) is 29.4 Å². The Morgan fingerprint density at radius 2 is 2.04 bits per heavy atom. The number of nitriles is 1. The second-order valence-electron chi connectivity index (χ2n) is 5.48. The normalized spacial score (nSPS) is 14.2. The van der Waals surface area contributed by atoms with Gasteiger partial charge in [-0.05, 0) is 29.8 Å². The van der Waals surface area contributed by atoms with Crippen molar-refractivity contribution in [3.63, 3.8) is 0 Å². The molecule has 1 aliphatic heterocycles. The number of morpholine rings is 1. The van der Waals surface area contributed by atoms with E-state index in [1.807, 2.05) is 29.2 Å². The molecule has 26 heavy (non-hydrogen) atoms. The summed E-state index contributed by atoms with van der Waals surface area (Å²) in [4.78, 5) is 10.3. The smallest absolute Gasteiger partial charge is 0.224 e. The Kier molecular flexibility index (Phi) is 5.46. The molecular formula is C17H19N7O2. The molecule has 1 aliphatic rings. The van der Waals surface area contributed by atoms with Crippen molar-refractivity contribution in [1.82, 2.24) is 9.97 Å². The lowest BCUT2D eigenvalue weighted by molar-refractivity contribution is 0.122. The summed E-state index contributed by atoms with van der Waals surface area (Å²) in [5.74, 6) is 1.60. The highest BCUT2D eigenvalue weighted by Gasteiger charge is 2.20. The van der Waals surface area contributed by atoms with E-state index in [2.05, 4.69) is 26.6 Å². The molecule has 9 heteroatoms. The maximum atomic E-state index is 9.56. The Bertz CT molecular complexity index is 824. The van der Waals surface area contributed by atoms with Crippen molar-refractivity contribution in [3.8, 4) is 11.8 Å². The average Bonchev–Trinajstić information content (AvgIpc) is 2.69. The molecule has 2 aromatic rings. The third kappa shape index (κ3) is 3.99. The number of nitrogen functional groups attached to an aromatic ring is 1. The van der Waals surface area contributed by atoms with Crippen molar-refractivity contribution in [2.24, 2.45) is 5.10 Å². The predicted octanol–water partition coefficient (Wildman–Crippen LogP) is 1.22. The first-order valence-electron chi connectivity index (χ1n) is 8.04. The molecule has 0 spiro atoms. The van der Waals surface area contributed by atoms with E-state index in [1.165, 1.54) is 0 Å². The zero-order valence-corrected chi connectivity index (χ0v) is 14.3. The van der Waals surface area contributed by atoms with Gasteiger partial charge in [-0.1, -0.05) is 0 Å². The molecule has 1 saturated heterocycles. The van der Waals surface area contributed by atoms with Crippen molar-refractivity contribution in [3.05, 3.63) is 35.4 Å². The van der Waals surface area contributed by atoms with Crippen molar-refractivity contribution in [2.75, 3.05) is 49.5 Å². The van der Waals surface area contributed by atoms with Crippen LogP contribution in [-0.2, 0) is 4.74 Å². The summed E-state index contributed by atoms with van der Waals surface area (Å²) in [6.07, 6.45) is 1.62. The van der Waals surface area contributed by atoms with Gasteiger partial charge in [-0.25, -0.2) is 0 Å². The summed E-state index contributed by atoms with van der Waals surface area (Å²) in [6.45, 7) is 2.43. The third-order valence-electron chi connectivity index (χ3n) is 3.83. The van der Waals surface area contributed by atoms with Crippen LogP contribution >= 0.6 is 0 Å². The van der Waals surface area contributed by atoms with Gasteiger partial charge in [0.2, 0.25) is 5.95 Å². The number of aromatic nitrogens is 2. The number of nitrogens with two attached hydrogens (primary N) is 1. The number of hydrazone groups is 1. The summed E-state index contributed by atoms with van der Waals surface area (Å²) < 4.78 is 10.5. The third-order valence-corrected chi connectivity index (χ3v) is 3.83. The first kappa shape index (κ1) is 17.4. The van der Waals surface area contributed by atoms with Gasteiger partial charge in [0.1, 0.15) is 17.4 Å². The number of nitrogens with one attached hydrogen (secondary N) is 1. The Hall–Kier alpha value is -3.38. The van der Waals surface area contributed by atoms with Gasteiger partial charge < -0.3 is 20.1 Å². The largest absolute Gasteiger partial charge is 0.497 e. The van der Waals surface area contributed by atoms with E-state index in [0.717, 1.165) is 11.3 Å². The van der Waals surface area contributed by atoms with Gasteiger partial charge in [0.15, 0.2) is 11.6 Å².